The molecular formula is C16H23ClO8. The molecular weight excluding hydrogens is 356 g/mol. The van der Waals surface area contributed by atoms with E-state index in [0.717, 1.165) is 0 Å². The van der Waals surface area contributed by atoms with E-state index in [1.807, 2.05) is 0 Å². The van der Waals surface area contributed by atoms with E-state index < -0.39 is 0 Å². The maximum atomic E-state index is 11.2. The van der Waals surface area contributed by atoms with Gasteiger partial charge in [0.1, 0.15) is 0 Å². The number of benzene rings is 1. The van der Waals surface area contributed by atoms with Crippen LogP contribution in [0.1, 0.15) is 10.4 Å². The Morgan fingerprint density at radius 2 is 1.48 bits per heavy atom. The Morgan fingerprint density at radius 1 is 0.920 bits per heavy atom. The van der Waals surface area contributed by atoms with Crippen LogP contribution in [0, 0.1) is 0 Å². The van der Waals surface area contributed by atoms with Crippen LogP contribution in [0.5, 0.6) is 17.2 Å². The summed E-state index contributed by atoms with van der Waals surface area (Å²) < 4.78 is 36.6. The number of hydrogen-bond donors (Lipinski definition) is 0. The molecule has 142 valence electrons. The molecule has 0 aliphatic heterocycles. The van der Waals surface area contributed by atoms with Gasteiger partial charge in [0.05, 0.1) is 38.6 Å². The van der Waals surface area contributed by atoms with Crippen LogP contribution in [0.25, 0.3) is 0 Å². The van der Waals surface area contributed by atoms with Crippen molar-refractivity contribution in [3.8, 4) is 17.2 Å². The maximum Gasteiger partial charge on any atom is 0.207 e. The number of methoxy groups -OCH3 is 3. The summed E-state index contributed by atoms with van der Waals surface area (Å²) in [5.74, 6) is 0.635. The molecule has 0 unspecified atom stereocenters. The first-order chi connectivity index (χ1) is 12.2. The monoisotopic (exact) mass is 378 g/mol. The molecule has 0 aliphatic rings. The van der Waals surface area contributed by atoms with Gasteiger partial charge in [0.2, 0.25) is 5.75 Å². The lowest BCUT2D eigenvalue weighted by Crippen LogP contribution is -2.12. The lowest BCUT2D eigenvalue weighted by Gasteiger charge is -2.18. The Morgan fingerprint density at radius 3 is 1.96 bits per heavy atom. The number of rotatable bonds is 14. The van der Waals surface area contributed by atoms with Crippen molar-refractivity contribution >= 4 is 17.9 Å². The summed E-state index contributed by atoms with van der Waals surface area (Å²) in [6.45, 7) is 1.38. The molecule has 25 heavy (non-hydrogen) atoms. The van der Waals surface area contributed by atoms with Gasteiger partial charge in [-0.2, -0.15) is 0 Å². The van der Waals surface area contributed by atoms with Crippen LogP contribution < -0.4 is 14.2 Å². The molecule has 0 radical (unpaired) electrons. The molecule has 1 rings (SSSR count). The predicted molar refractivity (Wildman–Crippen MR) is 90.0 cm³/mol. The standard InChI is InChI=1S/C16H23ClO8/c1-19-4-6-22-10-24-15-13(21-3)8-12(9-18)14(17)16(15)25-11-23-7-5-20-2/h8-9H,4-7,10-11H2,1-3H3. The van der Waals surface area contributed by atoms with Gasteiger partial charge in [-0.05, 0) is 6.07 Å². The van der Waals surface area contributed by atoms with Gasteiger partial charge in [0, 0.05) is 19.8 Å². The van der Waals surface area contributed by atoms with Crippen molar-refractivity contribution in [2.75, 3.05) is 61.3 Å². The Labute approximate surface area is 151 Å². The minimum absolute atomic E-state index is 0.0720. The fourth-order valence-electron chi connectivity index (χ4n) is 1.72. The van der Waals surface area contributed by atoms with E-state index in [9.17, 15) is 4.79 Å². The Bertz CT molecular complexity index is 523. The molecule has 9 heteroatoms. The number of carbonyl (C=O) groups is 1. The first-order valence-electron chi connectivity index (χ1n) is 7.44. The number of halogens is 1. The summed E-state index contributed by atoms with van der Waals surface area (Å²) in [5.41, 5.74) is 0.207. The second kappa shape index (κ2) is 12.7. The molecule has 0 spiro atoms. The maximum absolute atomic E-state index is 11.2. The van der Waals surface area contributed by atoms with E-state index >= 15 is 0 Å². The van der Waals surface area contributed by atoms with E-state index in [1.165, 1.54) is 13.2 Å². The van der Waals surface area contributed by atoms with Crippen LogP contribution in [0.2, 0.25) is 5.02 Å². The molecule has 0 amide bonds. The molecule has 1 aromatic carbocycles. The highest BCUT2D eigenvalue weighted by molar-refractivity contribution is 6.34. The summed E-state index contributed by atoms with van der Waals surface area (Å²) >= 11 is 6.21. The Balaban J connectivity index is 2.88. The molecule has 0 saturated carbocycles. The highest BCUT2D eigenvalue weighted by Crippen LogP contribution is 2.44. The van der Waals surface area contributed by atoms with E-state index in [1.54, 1.807) is 14.2 Å². The summed E-state index contributed by atoms with van der Waals surface area (Å²) in [4.78, 5) is 11.2. The molecule has 1 aromatic rings. The fraction of sp³-hybridized carbons (Fsp3) is 0.562. The van der Waals surface area contributed by atoms with Gasteiger partial charge >= 0.3 is 0 Å². The second-order valence-corrected chi connectivity index (χ2v) is 4.96. The van der Waals surface area contributed by atoms with Crippen molar-refractivity contribution in [3.63, 3.8) is 0 Å². The van der Waals surface area contributed by atoms with Crippen LogP contribution in [-0.4, -0.2) is 67.6 Å². The van der Waals surface area contributed by atoms with Gasteiger partial charge in [-0.15, -0.1) is 0 Å². The van der Waals surface area contributed by atoms with Crippen LogP contribution in [0.4, 0.5) is 0 Å². The molecule has 0 saturated heterocycles. The van der Waals surface area contributed by atoms with Crippen molar-refractivity contribution in [3.05, 3.63) is 16.7 Å². The van der Waals surface area contributed by atoms with Crippen molar-refractivity contribution in [2.24, 2.45) is 0 Å². The Kier molecular flexibility index (Phi) is 10.9. The van der Waals surface area contributed by atoms with Crippen molar-refractivity contribution in [1.29, 1.82) is 0 Å². The van der Waals surface area contributed by atoms with Crippen molar-refractivity contribution in [1.82, 2.24) is 0 Å². The average Bonchev–Trinajstić information content (AvgIpc) is 2.63. The zero-order chi connectivity index (χ0) is 18.5. The van der Waals surface area contributed by atoms with Gasteiger partial charge in [-0.1, -0.05) is 11.6 Å². The number of ether oxygens (including phenoxy) is 7. The lowest BCUT2D eigenvalue weighted by atomic mass is 10.2. The third-order valence-electron chi connectivity index (χ3n) is 2.95. The van der Waals surface area contributed by atoms with Gasteiger partial charge in [-0.25, -0.2) is 0 Å². The number of hydrogen-bond acceptors (Lipinski definition) is 8. The van der Waals surface area contributed by atoms with Gasteiger partial charge in [-0.3, -0.25) is 4.79 Å². The van der Waals surface area contributed by atoms with E-state index in [0.29, 0.717) is 32.7 Å². The van der Waals surface area contributed by atoms with E-state index in [-0.39, 0.29) is 41.4 Å². The van der Waals surface area contributed by atoms with E-state index in [4.69, 9.17) is 44.8 Å². The van der Waals surface area contributed by atoms with Crippen LogP contribution in [0.3, 0.4) is 0 Å². The molecule has 0 aromatic heterocycles. The van der Waals surface area contributed by atoms with Crippen LogP contribution in [-0.2, 0) is 18.9 Å². The molecule has 0 aliphatic carbocycles. The third kappa shape index (κ3) is 7.05. The topological polar surface area (TPSA) is 81.7 Å². The van der Waals surface area contributed by atoms with Crippen molar-refractivity contribution in [2.45, 2.75) is 0 Å². The molecule has 0 N–H and O–H groups in total. The smallest absolute Gasteiger partial charge is 0.207 e. The molecule has 0 bridgehead atoms. The minimum Gasteiger partial charge on any atom is -0.493 e. The summed E-state index contributed by atoms with van der Waals surface area (Å²) in [6.07, 6.45) is 0.600. The number of aldehydes is 1. The predicted octanol–water partition coefficient (Wildman–Crippen LogP) is 2.16. The Hall–Kier alpha value is -1.58. The fourth-order valence-corrected chi connectivity index (χ4v) is 1.96. The van der Waals surface area contributed by atoms with Crippen molar-refractivity contribution < 1.29 is 38.0 Å². The summed E-state index contributed by atoms with van der Waals surface area (Å²) in [6, 6.07) is 1.46. The summed E-state index contributed by atoms with van der Waals surface area (Å²) in [5, 5.41) is 0.0954. The number of carbonyl (C=O) groups excluding carboxylic acids is 1. The molecule has 8 nitrogen and oxygen atoms in total. The lowest BCUT2D eigenvalue weighted by molar-refractivity contribution is -0.0215. The van der Waals surface area contributed by atoms with E-state index in [2.05, 4.69) is 0 Å². The zero-order valence-corrected chi connectivity index (χ0v) is 15.3. The summed E-state index contributed by atoms with van der Waals surface area (Å²) in [7, 11) is 4.57. The SMILES string of the molecule is COCCOCOc1c(OC)cc(C=O)c(Cl)c1OCOCCOC. The first-order valence-corrected chi connectivity index (χ1v) is 7.82. The average molecular weight is 379 g/mol. The quantitative estimate of drug-likeness (QED) is 0.277. The first kappa shape index (κ1) is 21.5. The van der Waals surface area contributed by atoms with Gasteiger partial charge in [0.25, 0.3) is 0 Å². The highest BCUT2D eigenvalue weighted by Gasteiger charge is 2.21. The van der Waals surface area contributed by atoms with Crippen LogP contribution in [0.15, 0.2) is 6.07 Å². The highest BCUT2D eigenvalue weighted by atomic mass is 35.5. The third-order valence-corrected chi connectivity index (χ3v) is 3.34. The largest absolute Gasteiger partial charge is 0.493 e. The minimum atomic E-state index is -0.102. The normalized spacial score (nSPS) is 10.6. The molecule has 0 heterocycles. The second-order valence-electron chi connectivity index (χ2n) is 4.58. The van der Waals surface area contributed by atoms with Gasteiger partial charge < -0.3 is 33.2 Å². The van der Waals surface area contributed by atoms with Crippen LogP contribution >= 0.6 is 11.6 Å². The van der Waals surface area contributed by atoms with Gasteiger partial charge in [0.15, 0.2) is 31.4 Å². The molecule has 0 atom stereocenters. The molecule has 0 fully saturated rings. The zero-order valence-electron chi connectivity index (χ0n) is 14.5.